The van der Waals surface area contributed by atoms with Crippen LogP contribution in [0, 0.1) is 27.7 Å². The van der Waals surface area contributed by atoms with Gasteiger partial charge in [0.05, 0.1) is 6.20 Å². The van der Waals surface area contributed by atoms with Gasteiger partial charge in [0.1, 0.15) is 5.56 Å². The van der Waals surface area contributed by atoms with Crippen molar-refractivity contribution < 1.29 is 4.79 Å². The number of hydrogen-bond donors (Lipinski definition) is 0. The number of rotatable bonds is 4. The van der Waals surface area contributed by atoms with E-state index in [0.29, 0.717) is 24.3 Å². The summed E-state index contributed by atoms with van der Waals surface area (Å²) in [5.74, 6) is 0.00537. The third-order valence-corrected chi connectivity index (χ3v) is 7.17. The van der Waals surface area contributed by atoms with Crippen LogP contribution in [0.25, 0.3) is 5.65 Å². The SMILES string of the molecule is Cc1cccc(Cc2cnc3c(C(=O)N4CCN(c5cc(C)ccc5C)C(C)C4)cnn3c2C)c1. The second-order valence-corrected chi connectivity index (χ2v) is 9.91. The van der Waals surface area contributed by atoms with Crippen molar-refractivity contribution in [3.05, 3.63) is 93.9 Å². The lowest BCUT2D eigenvalue weighted by Gasteiger charge is -2.42. The number of piperazine rings is 1. The molecule has 4 aromatic rings. The van der Waals surface area contributed by atoms with Crippen molar-refractivity contribution >= 4 is 17.2 Å². The van der Waals surface area contributed by atoms with Crippen LogP contribution in [-0.4, -0.2) is 51.1 Å². The van der Waals surface area contributed by atoms with E-state index in [2.05, 4.69) is 85.1 Å². The van der Waals surface area contributed by atoms with E-state index >= 15 is 0 Å². The lowest BCUT2D eigenvalue weighted by atomic mass is 10.0. The van der Waals surface area contributed by atoms with E-state index in [1.165, 1.54) is 27.9 Å². The molecule has 2 aromatic carbocycles. The fourth-order valence-corrected chi connectivity index (χ4v) is 5.15. The van der Waals surface area contributed by atoms with Crippen LogP contribution in [0.15, 0.2) is 54.9 Å². The van der Waals surface area contributed by atoms with Crippen molar-refractivity contribution in [1.82, 2.24) is 19.5 Å². The molecule has 1 unspecified atom stereocenters. The molecule has 35 heavy (non-hydrogen) atoms. The highest BCUT2D eigenvalue weighted by molar-refractivity contribution is 5.99. The van der Waals surface area contributed by atoms with Gasteiger partial charge in [-0.2, -0.15) is 5.10 Å². The quantitative estimate of drug-likeness (QED) is 0.428. The first-order valence-electron chi connectivity index (χ1n) is 12.3. The van der Waals surface area contributed by atoms with Crippen LogP contribution in [0.3, 0.4) is 0 Å². The fourth-order valence-electron chi connectivity index (χ4n) is 5.15. The summed E-state index contributed by atoms with van der Waals surface area (Å²) in [4.78, 5) is 22.6. The zero-order chi connectivity index (χ0) is 24.7. The van der Waals surface area contributed by atoms with Gasteiger partial charge in [0.2, 0.25) is 0 Å². The minimum atomic E-state index is 0.00537. The summed E-state index contributed by atoms with van der Waals surface area (Å²) in [5, 5.41) is 4.55. The molecule has 0 N–H and O–H groups in total. The van der Waals surface area contributed by atoms with Crippen LogP contribution in [0.1, 0.15) is 50.8 Å². The van der Waals surface area contributed by atoms with E-state index in [4.69, 9.17) is 0 Å². The molecule has 0 radical (unpaired) electrons. The average molecular weight is 468 g/mol. The summed E-state index contributed by atoms with van der Waals surface area (Å²) in [6, 6.07) is 15.3. The first-order chi connectivity index (χ1) is 16.8. The zero-order valence-electron chi connectivity index (χ0n) is 21.2. The van der Waals surface area contributed by atoms with Crippen LogP contribution in [-0.2, 0) is 6.42 Å². The Morgan fingerprint density at radius 2 is 1.80 bits per heavy atom. The van der Waals surface area contributed by atoms with Gasteiger partial charge < -0.3 is 9.80 Å². The molecule has 6 nitrogen and oxygen atoms in total. The average Bonchev–Trinajstić information content (AvgIpc) is 3.27. The fraction of sp³-hybridized carbons (Fsp3) is 0.345. The van der Waals surface area contributed by atoms with Crippen molar-refractivity contribution in [3.8, 4) is 0 Å². The molecule has 1 amide bonds. The van der Waals surface area contributed by atoms with Crippen LogP contribution in [0.5, 0.6) is 0 Å². The minimum Gasteiger partial charge on any atom is -0.365 e. The predicted molar refractivity (Wildman–Crippen MR) is 140 cm³/mol. The highest BCUT2D eigenvalue weighted by atomic mass is 16.2. The molecule has 1 saturated heterocycles. The summed E-state index contributed by atoms with van der Waals surface area (Å²) in [6.07, 6.45) is 4.36. The number of fused-ring (bicyclic) bond motifs is 1. The van der Waals surface area contributed by atoms with E-state index in [0.717, 1.165) is 24.2 Å². The smallest absolute Gasteiger partial charge is 0.259 e. The molecule has 0 aliphatic carbocycles. The number of carbonyl (C=O) groups is 1. The number of benzene rings is 2. The molecule has 0 bridgehead atoms. The second-order valence-electron chi connectivity index (χ2n) is 9.91. The van der Waals surface area contributed by atoms with E-state index in [-0.39, 0.29) is 11.9 Å². The van der Waals surface area contributed by atoms with Crippen molar-refractivity contribution in [2.24, 2.45) is 0 Å². The van der Waals surface area contributed by atoms with Gasteiger partial charge in [-0.05, 0) is 62.9 Å². The van der Waals surface area contributed by atoms with Gasteiger partial charge in [0.25, 0.3) is 5.91 Å². The van der Waals surface area contributed by atoms with Crippen molar-refractivity contribution in [3.63, 3.8) is 0 Å². The molecule has 1 aliphatic rings. The number of nitrogens with zero attached hydrogens (tertiary/aromatic N) is 5. The Morgan fingerprint density at radius 3 is 2.57 bits per heavy atom. The van der Waals surface area contributed by atoms with Crippen molar-refractivity contribution in [2.45, 2.75) is 47.1 Å². The standard InChI is InChI=1S/C29H33N5O/c1-19-7-6-8-24(13-19)15-25-16-30-28-26(17-31-34(28)23(25)5)29(35)32-11-12-33(22(4)18-32)27-14-20(2)9-10-21(27)3/h6-10,13-14,16-17,22H,11-12,15,18H2,1-5H3. The van der Waals surface area contributed by atoms with Gasteiger partial charge in [0, 0.05) is 49.7 Å². The molecule has 0 saturated carbocycles. The zero-order valence-corrected chi connectivity index (χ0v) is 21.2. The predicted octanol–water partition coefficient (Wildman–Crippen LogP) is 4.90. The molecule has 6 heteroatoms. The van der Waals surface area contributed by atoms with Crippen LogP contribution in [0.2, 0.25) is 0 Å². The summed E-state index contributed by atoms with van der Waals surface area (Å²) < 4.78 is 1.81. The Balaban J connectivity index is 1.36. The number of aromatic nitrogens is 3. The van der Waals surface area contributed by atoms with Crippen molar-refractivity contribution in [1.29, 1.82) is 0 Å². The van der Waals surface area contributed by atoms with Gasteiger partial charge in [-0.15, -0.1) is 0 Å². The maximum atomic E-state index is 13.5. The number of amides is 1. The third-order valence-electron chi connectivity index (χ3n) is 7.17. The van der Waals surface area contributed by atoms with Gasteiger partial charge in [0.15, 0.2) is 5.65 Å². The molecule has 3 heterocycles. The van der Waals surface area contributed by atoms with Gasteiger partial charge >= 0.3 is 0 Å². The monoisotopic (exact) mass is 467 g/mol. The molecular formula is C29H33N5O. The van der Waals surface area contributed by atoms with Crippen LogP contribution >= 0.6 is 0 Å². The third kappa shape index (κ3) is 4.41. The maximum absolute atomic E-state index is 13.5. The number of carbonyl (C=O) groups excluding carboxylic acids is 1. The largest absolute Gasteiger partial charge is 0.365 e. The Hall–Kier alpha value is -3.67. The summed E-state index contributed by atoms with van der Waals surface area (Å²) in [7, 11) is 0. The summed E-state index contributed by atoms with van der Waals surface area (Å²) in [6.45, 7) is 12.8. The molecule has 2 aromatic heterocycles. The summed E-state index contributed by atoms with van der Waals surface area (Å²) >= 11 is 0. The lowest BCUT2D eigenvalue weighted by Crippen LogP contribution is -2.54. The van der Waals surface area contributed by atoms with E-state index < -0.39 is 0 Å². The Labute approximate surface area is 207 Å². The molecule has 1 aliphatic heterocycles. The molecule has 1 fully saturated rings. The van der Waals surface area contributed by atoms with Crippen molar-refractivity contribution in [2.75, 3.05) is 24.5 Å². The topological polar surface area (TPSA) is 53.7 Å². The van der Waals surface area contributed by atoms with Crippen LogP contribution < -0.4 is 4.90 Å². The highest BCUT2D eigenvalue weighted by Crippen LogP contribution is 2.27. The normalized spacial score (nSPS) is 16.2. The molecule has 5 rings (SSSR count). The molecular weight excluding hydrogens is 434 g/mol. The van der Waals surface area contributed by atoms with Crippen LogP contribution in [0.4, 0.5) is 5.69 Å². The number of hydrogen-bond acceptors (Lipinski definition) is 4. The van der Waals surface area contributed by atoms with Gasteiger partial charge in [-0.3, -0.25) is 4.79 Å². The van der Waals surface area contributed by atoms with E-state index in [9.17, 15) is 4.79 Å². The number of anilines is 1. The van der Waals surface area contributed by atoms with Gasteiger partial charge in [-0.1, -0.05) is 42.0 Å². The summed E-state index contributed by atoms with van der Waals surface area (Å²) in [5.41, 5.74) is 9.61. The minimum absolute atomic E-state index is 0.00537. The van der Waals surface area contributed by atoms with E-state index in [1.807, 2.05) is 22.5 Å². The first-order valence-corrected chi connectivity index (χ1v) is 12.3. The first kappa shape index (κ1) is 23.1. The van der Waals surface area contributed by atoms with Gasteiger partial charge in [-0.25, -0.2) is 9.50 Å². The Morgan fingerprint density at radius 1 is 1.00 bits per heavy atom. The highest BCUT2D eigenvalue weighted by Gasteiger charge is 2.30. The molecule has 180 valence electrons. The Kier molecular flexibility index (Phi) is 6.05. The second kappa shape index (κ2) is 9.17. The molecule has 0 spiro atoms. The molecule has 1 atom stereocenters. The Bertz CT molecular complexity index is 1410. The maximum Gasteiger partial charge on any atom is 0.259 e. The number of aryl methyl sites for hydroxylation is 4. The lowest BCUT2D eigenvalue weighted by molar-refractivity contribution is 0.0728. The van der Waals surface area contributed by atoms with E-state index in [1.54, 1.807) is 6.20 Å².